The molecule has 0 aliphatic heterocycles. The highest BCUT2D eigenvalue weighted by Crippen LogP contribution is 2.30. The first-order chi connectivity index (χ1) is 14.2. The van der Waals surface area contributed by atoms with Gasteiger partial charge in [0.15, 0.2) is 6.29 Å². The van der Waals surface area contributed by atoms with Crippen LogP contribution in [0.1, 0.15) is 27.0 Å². The molecule has 0 saturated carbocycles. The lowest BCUT2D eigenvalue weighted by atomic mass is 9.95. The zero-order valence-electron chi connectivity index (χ0n) is 15.4. The molecule has 3 nitrogen and oxygen atoms in total. The molecule has 0 saturated heterocycles. The molecule has 4 heteroatoms. The fourth-order valence-electron chi connectivity index (χ4n) is 2.93. The number of aldehydes is 1. The molecular formula is C25H16ClNO2. The minimum absolute atomic E-state index is 0.0704. The van der Waals surface area contributed by atoms with Gasteiger partial charge in [0.25, 0.3) is 0 Å². The van der Waals surface area contributed by atoms with Crippen LogP contribution in [0.4, 0.5) is 0 Å². The number of nitriles is 1. The van der Waals surface area contributed by atoms with E-state index in [1.54, 1.807) is 18.2 Å². The Morgan fingerprint density at radius 3 is 2.45 bits per heavy atom. The smallest absolute Gasteiger partial charge is 0.150 e. The largest absolute Gasteiger partial charge is 0.479 e. The van der Waals surface area contributed by atoms with Gasteiger partial charge in [0.05, 0.1) is 10.6 Å². The Morgan fingerprint density at radius 1 is 1.00 bits per heavy atom. The third-order valence-corrected chi connectivity index (χ3v) is 4.61. The normalized spacial score (nSPS) is 10.3. The van der Waals surface area contributed by atoms with Crippen molar-refractivity contribution in [1.29, 1.82) is 5.26 Å². The Balaban J connectivity index is 2.04. The van der Waals surface area contributed by atoms with Crippen molar-refractivity contribution in [3.63, 3.8) is 0 Å². The zero-order chi connectivity index (χ0) is 20.6. The maximum absolute atomic E-state index is 11.5. The number of hydrogen-bond acceptors (Lipinski definition) is 3. The number of benzene rings is 3. The van der Waals surface area contributed by atoms with Crippen LogP contribution < -0.4 is 4.74 Å². The van der Waals surface area contributed by atoms with Gasteiger partial charge in [-0.05, 0) is 28.8 Å². The number of terminal acetylenes is 1. The van der Waals surface area contributed by atoms with Crippen LogP contribution >= 0.6 is 11.6 Å². The van der Waals surface area contributed by atoms with Gasteiger partial charge >= 0.3 is 0 Å². The number of carbonyl (C=O) groups is 1. The van der Waals surface area contributed by atoms with Crippen LogP contribution in [0.3, 0.4) is 0 Å². The van der Waals surface area contributed by atoms with Gasteiger partial charge in [0.2, 0.25) is 0 Å². The van der Waals surface area contributed by atoms with Crippen molar-refractivity contribution in [3.8, 4) is 35.3 Å². The van der Waals surface area contributed by atoms with E-state index < -0.39 is 0 Å². The van der Waals surface area contributed by atoms with E-state index in [0.29, 0.717) is 27.5 Å². The van der Waals surface area contributed by atoms with Crippen molar-refractivity contribution in [3.05, 3.63) is 87.9 Å². The molecule has 0 fully saturated rings. The van der Waals surface area contributed by atoms with Crippen LogP contribution in [0.5, 0.6) is 5.75 Å². The number of ether oxygens (including phenoxy) is 1. The van der Waals surface area contributed by atoms with Crippen molar-refractivity contribution in [1.82, 2.24) is 0 Å². The van der Waals surface area contributed by atoms with Crippen molar-refractivity contribution in [2.24, 2.45) is 0 Å². The molecule has 0 aromatic heterocycles. The lowest BCUT2D eigenvalue weighted by Gasteiger charge is -2.09. The number of halogens is 1. The van der Waals surface area contributed by atoms with E-state index in [2.05, 4.69) is 12.0 Å². The molecule has 0 spiro atoms. The summed E-state index contributed by atoms with van der Waals surface area (Å²) in [7, 11) is 0. The average Bonchev–Trinajstić information content (AvgIpc) is 2.77. The number of rotatable bonds is 6. The van der Waals surface area contributed by atoms with Crippen molar-refractivity contribution in [2.75, 3.05) is 6.61 Å². The Morgan fingerprint density at radius 2 is 1.76 bits per heavy atom. The Labute approximate surface area is 174 Å². The lowest BCUT2D eigenvalue weighted by Crippen LogP contribution is -1.97. The summed E-state index contributed by atoms with van der Waals surface area (Å²) in [6, 6.07) is 20.9. The summed E-state index contributed by atoms with van der Waals surface area (Å²) < 4.78 is 5.43. The monoisotopic (exact) mass is 397 g/mol. The molecule has 0 heterocycles. The summed E-state index contributed by atoms with van der Waals surface area (Å²) in [6.45, 7) is 0.0704. The molecule has 0 radical (unpaired) electrons. The molecular weight excluding hydrogens is 382 g/mol. The summed E-state index contributed by atoms with van der Waals surface area (Å²) in [5, 5.41) is 10.0. The second-order valence-electron chi connectivity index (χ2n) is 6.10. The highest BCUT2D eigenvalue weighted by Gasteiger charge is 2.10. The Hall–Kier alpha value is -3.79. The molecule has 140 valence electrons. The number of carbonyl (C=O) groups excluding carboxylic acids is 1. The molecule has 0 aliphatic carbocycles. The minimum atomic E-state index is 0.0704. The summed E-state index contributed by atoms with van der Waals surface area (Å²) in [4.78, 5) is 11.5. The van der Waals surface area contributed by atoms with Crippen LogP contribution in [0, 0.1) is 23.7 Å². The van der Waals surface area contributed by atoms with Gasteiger partial charge in [0.1, 0.15) is 18.4 Å². The Bertz CT molecular complexity index is 1150. The fourth-order valence-corrected chi connectivity index (χ4v) is 3.16. The van der Waals surface area contributed by atoms with Crippen LogP contribution in [0.25, 0.3) is 23.3 Å². The second-order valence-corrected chi connectivity index (χ2v) is 6.51. The van der Waals surface area contributed by atoms with Crippen LogP contribution in [-0.4, -0.2) is 12.9 Å². The van der Waals surface area contributed by atoms with E-state index in [4.69, 9.17) is 22.8 Å². The maximum Gasteiger partial charge on any atom is 0.150 e. The molecule has 0 atom stereocenters. The molecule has 0 amide bonds. The molecule has 29 heavy (non-hydrogen) atoms. The Kier molecular flexibility index (Phi) is 6.48. The second kappa shape index (κ2) is 9.42. The van der Waals surface area contributed by atoms with Crippen molar-refractivity contribution in [2.45, 2.75) is 0 Å². The molecule has 0 bridgehead atoms. The minimum Gasteiger partial charge on any atom is -0.479 e. The van der Waals surface area contributed by atoms with Crippen LogP contribution in [-0.2, 0) is 0 Å². The van der Waals surface area contributed by atoms with E-state index in [1.807, 2.05) is 48.5 Å². The lowest BCUT2D eigenvalue weighted by molar-refractivity contribution is 0.112. The van der Waals surface area contributed by atoms with E-state index >= 15 is 0 Å². The van der Waals surface area contributed by atoms with Gasteiger partial charge in [-0.2, -0.15) is 5.26 Å². The van der Waals surface area contributed by atoms with Crippen LogP contribution in [0.2, 0.25) is 5.02 Å². The quantitative estimate of drug-likeness (QED) is 0.297. The third kappa shape index (κ3) is 4.55. The highest BCUT2D eigenvalue weighted by atomic mass is 35.5. The predicted molar refractivity (Wildman–Crippen MR) is 117 cm³/mol. The first-order valence-corrected chi connectivity index (χ1v) is 9.17. The fraction of sp³-hybridized carbons (Fsp3) is 0.0400. The van der Waals surface area contributed by atoms with Gasteiger partial charge < -0.3 is 4.74 Å². The van der Waals surface area contributed by atoms with Crippen molar-refractivity contribution < 1.29 is 9.53 Å². The van der Waals surface area contributed by atoms with Gasteiger partial charge in [-0.1, -0.05) is 78.2 Å². The predicted octanol–water partition coefficient (Wildman–Crippen LogP) is 5.87. The molecule has 0 unspecified atom stereocenters. The van der Waals surface area contributed by atoms with E-state index in [-0.39, 0.29) is 6.61 Å². The average molecular weight is 398 g/mol. The molecule has 3 rings (SSSR count). The first-order valence-electron chi connectivity index (χ1n) is 8.79. The number of nitrogens with zero attached hydrogens (tertiary/aromatic N) is 1. The molecule has 3 aromatic carbocycles. The highest BCUT2D eigenvalue weighted by molar-refractivity contribution is 6.32. The standard InChI is InChI=1S/C25H16ClNO2/c1-2-13-29-25-15-20(21(17-28)14-24(25)26)12-11-19-9-6-10-22(23(19)16-27)18-7-4-3-5-8-18/h1,3-12,14-15,17H,13H2/b12-11+. The van der Waals surface area contributed by atoms with Gasteiger partial charge in [-0.25, -0.2) is 0 Å². The SMILES string of the molecule is C#CCOc1cc(/C=C/c2cccc(-c3ccccc3)c2C#N)c(C=O)cc1Cl. The molecule has 3 aromatic rings. The maximum atomic E-state index is 11.5. The molecule has 0 N–H and O–H groups in total. The van der Waals surface area contributed by atoms with Crippen LogP contribution in [0.15, 0.2) is 60.7 Å². The number of hydrogen-bond donors (Lipinski definition) is 0. The van der Waals surface area contributed by atoms with Gasteiger partial charge in [-0.3, -0.25) is 4.79 Å². The topological polar surface area (TPSA) is 50.1 Å². The summed E-state index contributed by atoms with van der Waals surface area (Å²) in [6.07, 6.45) is 9.51. The van der Waals surface area contributed by atoms with Gasteiger partial charge in [-0.15, -0.1) is 6.42 Å². The third-order valence-electron chi connectivity index (χ3n) is 4.31. The first kappa shape index (κ1) is 20.0. The summed E-state index contributed by atoms with van der Waals surface area (Å²) in [5.74, 6) is 2.78. The summed E-state index contributed by atoms with van der Waals surface area (Å²) in [5.41, 5.74) is 4.14. The van der Waals surface area contributed by atoms with E-state index in [0.717, 1.165) is 23.0 Å². The van der Waals surface area contributed by atoms with E-state index in [1.165, 1.54) is 6.07 Å². The molecule has 0 aliphatic rings. The van der Waals surface area contributed by atoms with E-state index in [9.17, 15) is 10.1 Å². The van der Waals surface area contributed by atoms with Crippen molar-refractivity contribution >= 4 is 30.0 Å². The summed E-state index contributed by atoms with van der Waals surface area (Å²) >= 11 is 6.15. The van der Waals surface area contributed by atoms with Gasteiger partial charge in [0, 0.05) is 11.1 Å². The zero-order valence-corrected chi connectivity index (χ0v) is 16.2.